The third-order valence-corrected chi connectivity index (χ3v) is 4.45. The number of benzene rings is 2. The van der Waals surface area contributed by atoms with Crippen molar-refractivity contribution in [3.63, 3.8) is 0 Å². The van der Waals surface area contributed by atoms with Crippen molar-refractivity contribution < 1.29 is 19.0 Å². The van der Waals surface area contributed by atoms with Crippen molar-refractivity contribution in [3.05, 3.63) is 71.8 Å². The van der Waals surface area contributed by atoms with Crippen LogP contribution in [-0.2, 0) is 7.05 Å². The molecule has 2 aromatic carbocycles. The fourth-order valence-corrected chi connectivity index (χ4v) is 2.90. The van der Waals surface area contributed by atoms with Gasteiger partial charge in [-0.2, -0.15) is 0 Å². The number of hydrogen-bond donors (Lipinski definition) is 1. The minimum Gasteiger partial charge on any atom is -0.497 e. The fraction of sp³-hybridized carbons (Fsp3) is 0.238. The highest BCUT2D eigenvalue weighted by Gasteiger charge is 2.22. The lowest BCUT2D eigenvalue weighted by molar-refractivity contribution is 0.0940. The molecule has 0 bridgehead atoms. The third-order valence-electron chi connectivity index (χ3n) is 4.45. The predicted molar refractivity (Wildman–Crippen MR) is 105 cm³/mol. The summed E-state index contributed by atoms with van der Waals surface area (Å²) in [5.41, 5.74) is 1.32. The molecule has 0 fully saturated rings. The largest absolute Gasteiger partial charge is 0.497 e. The van der Waals surface area contributed by atoms with E-state index < -0.39 is 6.04 Å². The minimum atomic E-state index is -0.435. The van der Waals surface area contributed by atoms with Gasteiger partial charge in [0.05, 0.1) is 21.3 Å². The highest BCUT2D eigenvalue weighted by Crippen LogP contribution is 2.26. The molecule has 0 aliphatic carbocycles. The first kappa shape index (κ1) is 19.3. The van der Waals surface area contributed by atoms with Gasteiger partial charge in [0, 0.05) is 31.1 Å². The standard InChI is InChI=1S/C21H23N3O4/c1-24-10-9-22-20(24)19(14-5-7-16(26-2)8-6-14)23-21(25)15-11-17(27-3)13-18(12-15)28-4/h5-13,19H,1-4H3,(H,23,25). The highest BCUT2D eigenvalue weighted by atomic mass is 16.5. The van der Waals surface area contributed by atoms with Gasteiger partial charge in [-0.15, -0.1) is 0 Å². The molecule has 0 aliphatic rings. The molecule has 1 amide bonds. The zero-order chi connectivity index (χ0) is 20.1. The van der Waals surface area contributed by atoms with Crippen LogP contribution in [0.3, 0.4) is 0 Å². The van der Waals surface area contributed by atoms with Gasteiger partial charge in [-0.1, -0.05) is 12.1 Å². The van der Waals surface area contributed by atoms with Gasteiger partial charge in [-0.05, 0) is 29.8 Å². The molecular formula is C21H23N3O4. The molecule has 1 N–H and O–H groups in total. The lowest BCUT2D eigenvalue weighted by Crippen LogP contribution is -2.31. The van der Waals surface area contributed by atoms with E-state index in [9.17, 15) is 4.79 Å². The number of amides is 1. The summed E-state index contributed by atoms with van der Waals surface area (Å²) in [5.74, 6) is 2.28. The van der Waals surface area contributed by atoms with Crippen LogP contribution in [0.1, 0.15) is 27.8 Å². The van der Waals surface area contributed by atoms with Gasteiger partial charge in [0.25, 0.3) is 5.91 Å². The first-order valence-corrected chi connectivity index (χ1v) is 8.70. The maximum Gasteiger partial charge on any atom is 0.252 e. The van der Waals surface area contributed by atoms with Gasteiger partial charge in [-0.3, -0.25) is 4.79 Å². The molecule has 0 saturated heterocycles. The van der Waals surface area contributed by atoms with Crippen LogP contribution >= 0.6 is 0 Å². The summed E-state index contributed by atoms with van der Waals surface area (Å²) in [6.45, 7) is 0. The van der Waals surface area contributed by atoms with E-state index >= 15 is 0 Å². The Morgan fingerprint density at radius 2 is 1.57 bits per heavy atom. The number of aryl methyl sites for hydroxylation is 1. The number of hydrogen-bond acceptors (Lipinski definition) is 5. The number of nitrogens with zero attached hydrogens (tertiary/aromatic N) is 2. The van der Waals surface area contributed by atoms with Crippen LogP contribution < -0.4 is 19.5 Å². The summed E-state index contributed by atoms with van der Waals surface area (Å²) in [6.07, 6.45) is 3.54. The smallest absolute Gasteiger partial charge is 0.252 e. The second-order valence-electron chi connectivity index (χ2n) is 6.18. The van der Waals surface area contributed by atoms with E-state index in [1.807, 2.05) is 42.1 Å². The SMILES string of the molecule is COc1ccc(C(NC(=O)c2cc(OC)cc(OC)c2)c2nccn2C)cc1. The van der Waals surface area contributed by atoms with E-state index in [0.717, 1.165) is 11.3 Å². The molecular weight excluding hydrogens is 358 g/mol. The summed E-state index contributed by atoms with van der Waals surface area (Å²) in [6, 6.07) is 12.1. The van der Waals surface area contributed by atoms with Gasteiger partial charge >= 0.3 is 0 Å². The van der Waals surface area contributed by atoms with Crippen LogP contribution in [0.5, 0.6) is 17.2 Å². The molecule has 1 atom stereocenters. The number of imidazole rings is 1. The number of aromatic nitrogens is 2. The first-order valence-electron chi connectivity index (χ1n) is 8.70. The second kappa shape index (κ2) is 8.47. The Hall–Kier alpha value is -3.48. The van der Waals surface area contributed by atoms with E-state index in [1.165, 1.54) is 0 Å². The van der Waals surface area contributed by atoms with Crippen molar-refractivity contribution in [2.45, 2.75) is 6.04 Å². The number of carbonyl (C=O) groups is 1. The summed E-state index contributed by atoms with van der Waals surface area (Å²) in [5, 5.41) is 3.06. The van der Waals surface area contributed by atoms with Crippen LogP contribution in [0.2, 0.25) is 0 Å². The van der Waals surface area contributed by atoms with Crippen LogP contribution in [0.25, 0.3) is 0 Å². The molecule has 146 valence electrons. The van der Waals surface area contributed by atoms with E-state index in [2.05, 4.69) is 10.3 Å². The van der Waals surface area contributed by atoms with Crippen molar-refractivity contribution in [3.8, 4) is 17.2 Å². The van der Waals surface area contributed by atoms with E-state index in [4.69, 9.17) is 14.2 Å². The Morgan fingerprint density at radius 3 is 2.07 bits per heavy atom. The molecule has 7 heteroatoms. The number of rotatable bonds is 7. The molecule has 3 rings (SSSR count). The molecule has 0 saturated carbocycles. The quantitative estimate of drug-likeness (QED) is 0.681. The van der Waals surface area contributed by atoms with Gasteiger partial charge in [0.15, 0.2) is 0 Å². The van der Waals surface area contributed by atoms with Crippen LogP contribution in [0, 0.1) is 0 Å². The number of ether oxygens (including phenoxy) is 3. The van der Waals surface area contributed by atoms with Crippen molar-refractivity contribution >= 4 is 5.91 Å². The molecule has 0 aliphatic heterocycles. The van der Waals surface area contributed by atoms with Gasteiger partial charge < -0.3 is 24.1 Å². The molecule has 7 nitrogen and oxygen atoms in total. The van der Waals surface area contributed by atoms with Crippen molar-refractivity contribution in [2.24, 2.45) is 7.05 Å². The molecule has 1 unspecified atom stereocenters. The highest BCUT2D eigenvalue weighted by molar-refractivity contribution is 5.95. The lowest BCUT2D eigenvalue weighted by atomic mass is 10.0. The molecule has 1 heterocycles. The van der Waals surface area contributed by atoms with E-state index in [-0.39, 0.29) is 5.91 Å². The molecule has 0 spiro atoms. The Bertz CT molecular complexity index is 928. The predicted octanol–water partition coefficient (Wildman–Crippen LogP) is 2.97. The maximum absolute atomic E-state index is 13.0. The average molecular weight is 381 g/mol. The normalized spacial score (nSPS) is 11.6. The van der Waals surface area contributed by atoms with Gasteiger partial charge in [0.1, 0.15) is 29.1 Å². The van der Waals surface area contributed by atoms with Gasteiger partial charge in [0.2, 0.25) is 0 Å². The van der Waals surface area contributed by atoms with Crippen LogP contribution in [-0.4, -0.2) is 36.8 Å². The molecule has 3 aromatic rings. The zero-order valence-electron chi connectivity index (χ0n) is 16.3. The van der Waals surface area contributed by atoms with E-state index in [1.54, 1.807) is 45.7 Å². The summed E-state index contributed by atoms with van der Waals surface area (Å²) < 4.78 is 17.6. The number of nitrogens with one attached hydrogen (secondary N) is 1. The number of methoxy groups -OCH3 is 3. The second-order valence-corrected chi connectivity index (χ2v) is 6.18. The Labute approximate surface area is 163 Å². The van der Waals surface area contributed by atoms with Crippen molar-refractivity contribution in [2.75, 3.05) is 21.3 Å². The molecule has 28 heavy (non-hydrogen) atoms. The third kappa shape index (κ3) is 4.09. The van der Waals surface area contributed by atoms with E-state index in [0.29, 0.717) is 22.9 Å². The van der Waals surface area contributed by atoms with Crippen LogP contribution in [0.15, 0.2) is 54.9 Å². The first-order chi connectivity index (χ1) is 13.5. The zero-order valence-corrected chi connectivity index (χ0v) is 16.3. The van der Waals surface area contributed by atoms with Crippen molar-refractivity contribution in [1.29, 1.82) is 0 Å². The average Bonchev–Trinajstić information content (AvgIpc) is 3.17. The van der Waals surface area contributed by atoms with Crippen molar-refractivity contribution in [1.82, 2.24) is 14.9 Å². The topological polar surface area (TPSA) is 74.6 Å². The lowest BCUT2D eigenvalue weighted by Gasteiger charge is -2.20. The molecule has 1 aromatic heterocycles. The van der Waals surface area contributed by atoms with Crippen LogP contribution in [0.4, 0.5) is 0 Å². The Morgan fingerprint density at radius 1 is 0.964 bits per heavy atom. The number of carbonyl (C=O) groups excluding carboxylic acids is 1. The minimum absolute atomic E-state index is 0.263. The molecule has 0 radical (unpaired) electrons. The summed E-state index contributed by atoms with van der Waals surface area (Å²) in [4.78, 5) is 17.4. The monoisotopic (exact) mass is 381 g/mol. The fourth-order valence-electron chi connectivity index (χ4n) is 2.90. The Kier molecular flexibility index (Phi) is 5.84. The summed E-state index contributed by atoms with van der Waals surface area (Å²) >= 11 is 0. The van der Waals surface area contributed by atoms with Gasteiger partial charge in [-0.25, -0.2) is 4.98 Å². The summed E-state index contributed by atoms with van der Waals surface area (Å²) in [7, 11) is 6.60. The maximum atomic E-state index is 13.0. The Balaban J connectivity index is 1.95.